The third kappa shape index (κ3) is 2.57. The van der Waals surface area contributed by atoms with Crippen LogP contribution in [0.1, 0.15) is 30.4 Å². The molecule has 1 aliphatic heterocycles. The molecule has 1 amide bonds. The highest BCUT2D eigenvalue weighted by Gasteiger charge is 2.72. The molecule has 34 heavy (non-hydrogen) atoms. The van der Waals surface area contributed by atoms with Crippen molar-refractivity contribution in [1.82, 2.24) is 0 Å². The normalized spacial score (nSPS) is 24.5. The summed E-state index contributed by atoms with van der Waals surface area (Å²) in [5.41, 5.74) is 5.71. The van der Waals surface area contributed by atoms with Crippen LogP contribution in [-0.4, -0.2) is 5.91 Å². The number of benzene rings is 2. The summed E-state index contributed by atoms with van der Waals surface area (Å²) in [5.74, 6) is -0.851. The number of fused-ring (bicyclic) bond motifs is 4. The Hall–Kier alpha value is -4.05. The summed E-state index contributed by atoms with van der Waals surface area (Å²) in [6, 6.07) is 20.9. The molecule has 0 unspecified atom stereocenters. The number of hydrogen-bond acceptors (Lipinski definition) is 5. The third-order valence-corrected chi connectivity index (χ3v) is 7.67. The van der Waals surface area contributed by atoms with Gasteiger partial charge >= 0.3 is 0 Å². The van der Waals surface area contributed by atoms with Crippen LogP contribution in [0.5, 0.6) is 0 Å². The maximum atomic E-state index is 14.5. The second kappa shape index (κ2) is 7.77. The Labute approximate surface area is 202 Å². The zero-order chi connectivity index (χ0) is 24.1. The van der Waals surface area contributed by atoms with Crippen molar-refractivity contribution in [2.75, 3.05) is 4.90 Å². The van der Waals surface area contributed by atoms with Gasteiger partial charge in [-0.2, -0.15) is 15.8 Å². The molecule has 0 saturated carbocycles. The third-order valence-electron chi connectivity index (χ3n) is 7.42. The van der Waals surface area contributed by atoms with Gasteiger partial charge in [0, 0.05) is 16.6 Å². The summed E-state index contributed by atoms with van der Waals surface area (Å²) in [7, 11) is 0. The number of halogens is 1. The second-order valence-electron chi connectivity index (χ2n) is 8.86. The van der Waals surface area contributed by atoms with Crippen molar-refractivity contribution >= 4 is 23.2 Å². The summed E-state index contributed by atoms with van der Waals surface area (Å²) >= 11 is 6.05. The first-order valence-electron chi connectivity index (χ1n) is 11.1. The van der Waals surface area contributed by atoms with Gasteiger partial charge in [0.05, 0.1) is 30.0 Å². The van der Waals surface area contributed by atoms with E-state index in [0.29, 0.717) is 28.3 Å². The van der Waals surface area contributed by atoms with Gasteiger partial charge in [0.15, 0.2) is 0 Å². The van der Waals surface area contributed by atoms with E-state index in [1.807, 2.05) is 42.5 Å². The Bertz CT molecular complexity index is 1390. The predicted octanol–water partition coefficient (Wildman–Crippen LogP) is 4.63. The van der Waals surface area contributed by atoms with Crippen molar-refractivity contribution < 1.29 is 4.79 Å². The van der Waals surface area contributed by atoms with Crippen LogP contribution in [0.2, 0.25) is 5.02 Å². The molecule has 2 atom stereocenters. The van der Waals surface area contributed by atoms with E-state index in [2.05, 4.69) is 18.2 Å². The molecule has 2 aliphatic carbocycles. The summed E-state index contributed by atoms with van der Waals surface area (Å²) in [5, 5.41) is 31.5. The minimum atomic E-state index is -2.01. The highest BCUT2D eigenvalue weighted by molar-refractivity contribution is 6.30. The molecule has 0 saturated heterocycles. The van der Waals surface area contributed by atoms with E-state index in [1.165, 1.54) is 0 Å². The number of nitrogens with two attached hydrogens (primary N) is 1. The Morgan fingerprint density at radius 1 is 1.09 bits per heavy atom. The minimum Gasteiger partial charge on any atom is -0.399 e. The fourth-order valence-corrected chi connectivity index (χ4v) is 6.10. The minimum absolute atomic E-state index is 0.138. The van der Waals surface area contributed by atoms with Gasteiger partial charge in [-0.05, 0) is 54.2 Å². The molecule has 5 rings (SSSR count). The summed E-state index contributed by atoms with van der Waals surface area (Å²) in [6.07, 6.45) is 4.05. The number of hydrogen-bond donors (Lipinski definition) is 1. The first-order valence-corrected chi connectivity index (χ1v) is 11.4. The second-order valence-corrected chi connectivity index (χ2v) is 9.30. The quantitative estimate of drug-likeness (QED) is 0.693. The first kappa shape index (κ1) is 21.8. The summed E-state index contributed by atoms with van der Waals surface area (Å²) in [4.78, 5) is 16.2. The van der Waals surface area contributed by atoms with E-state index in [9.17, 15) is 20.6 Å². The van der Waals surface area contributed by atoms with E-state index in [1.54, 1.807) is 17.0 Å². The molecule has 1 spiro atoms. The summed E-state index contributed by atoms with van der Waals surface area (Å²) in [6.45, 7) is 0.252. The van der Waals surface area contributed by atoms with Crippen molar-refractivity contribution in [2.45, 2.75) is 31.2 Å². The van der Waals surface area contributed by atoms with Crippen LogP contribution in [0, 0.1) is 45.3 Å². The first-order chi connectivity index (χ1) is 16.5. The van der Waals surface area contributed by atoms with E-state index in [4.69, 9.17) is 17.3 Å². The standard InChI is InChI=1S/C27H20ClN5O/c28-18-11-9-17(10-12-18)14-33-23-8-4-3-7-22(23)27(25(33)34)21-6-2-1-5-19(21)20(13-29)24(32)26(27,15-30)16-31/h3-5,7-12,21H,1-2,6,14,32H2/t21-,27+/m1/s1. The van der Waals surface area contributed by atoms with Crippen LogP contribution >= 0.6 is 11.6 Å². The molecular weight excluding hydrogens is 446 g/mol. The maximum absolute atomic E-state index is 14.5. The molecule has 3 aliphatic rings. The Kier molecular flexibility index (Phi) is 4.98. The molecule has 0 aromatic heterocycles. The molecule has 166 valence electrons. The van der Waals surface area contributed by atoms with Crippen molar-refractivity contribution in [1.29, 1.82) is 15.8 Å². The number of anilines is 1. The van der Waals surface area contributed by atoms with Crippen molar-refractivity contribution in [2.24, 2.45) is 17.1 Å². The molecule has 7 heteroatoms. The van der Waals surface area contributed by atoms with Crippen molar-refractivity contribution in [3.8, 4) is 18.2 Å². The zero-order valence-corrected chi connectivity index (χ0v) is 19.0. The zero-order valence-electron chi connectivity index (χ0n) is 18.3. The van der Waals surface area contributed by atoms with Gasteiger partial charge in [0.2, 0.25) is 11.3 Å². The molecule has 2 aromatic carbocycles. The Balaban J connectivity index is 1.82. The van der Waals surface area contributed by atoms with Gasteiger partial charge in [-0.15, -0.1) is 0 Å². The maximum Gasteiger partial charge on any atom is 0.241 e. The predicted molar refractivity (Wildman–Crippen MR) is 127 cm³/mol. The number of para-hydroxylation sites is 1. The van der Waals surface area contributed by atoms with Crippen LogP contribution in [0.25, 0.3) is 0 Å². The number of allylic oxidation sites excluding steroid dienone is 4. The molecule has 0 radical (unpaired) electrons. The number of amides is 1. The largest absolute Gasteiger partial charge is 0.399 e. The average molecular weight is 466 g/mol. The number of rotatable bonds is 2. The number of nitrogens with zero attached hydrogens (tertiary/aromatic N) is 4. The lowest BCUT2D eigenvalue weighted by molar-refractivity contribution is -0.127. The smallest absolute Gasteiger partial charge is 0.241 e. The van der Waals surface area contributed by atoms with Gasteiger partial charge in [0.1, 0.15) is 11.5 Å². The highest BCUT2D eigenvalue weighted by Crippen LogP contribution is 2.64. The lowest BCUT2D eigenvalue weighted by atomic mass is 9.47. The summed E-state index contributed by atoms with van der Waals surface area (Å²) < 4.78 is 0. The van der Waals surface area contributed by atoms with Crippen LogP contribution in [0.4, 0.5) is 5.69 Å². The fraction of sp³-hybridized carbons (Fsp3) is 0.259. The van der Waals surface area contributed by atoms with Crippen LogP contribution in [-0.2, 0) is 16.8 Å². The number of nitriles is 3. The van der Waals surface area contributed by atoms with Crippen LogP contribution in [0.3, 0.4) is 0 Å². The fourth-order valence-electron chi connectivity index (χ4n) is 5.98. The van der Waals surface area contributed by atoms with Crippen molar-refractivity contribution in [3.63, 3.8) is 0 Å². The lowest BCUT2D eigenvalue weighted by Gasteiger charge is -2.49. The molecule has 0 bridgehead atoms. The molecular formula is C27H20ClN5O. The van der Waals surface area contributed by atoms with Gasteiger partial charge in [0.25, 0.3) is 0 Å². The lowest BCUT2D eigenvalue weighted by Crippen LogP contribution is -2.61. The Morgan fingerprint density at radius 3 is 2.47 bits per heavy atom. The van der Waals surface area contributed by atoms with E-state index in [-0.39, 0.29) is 23.7 Å². The van der Waals surface area contributed by atoms with Crippen LogP contribution < -0.4 is 10.6 Å². The number of carbonyl (C=O) groups excluding carboxylic acids is 1. The molecule has 0 fully saturated rings. The Morgan fingerprint density at radius 2 is 1.79 bits per heavy atom. The molecule has 1 heterocycles. The molecule has 2 N–H and O–H groups in total. The van der Waals surface area contributed by atoms with Gasteiger partial charge in [-0.1, -0.05) is 48.0 Å². The monoisotopic (exact) mass is 465 g/mol. The van der Waals surface area contributed by atoms with Crippen molar-refractivity contribution in [3.05, 3.63) is 87.6 Å². The number of carbonyl (C=O) groups is 1. The van der Waals surface area contributed by atoms with E-state index >= 15 is 0 Å². The highest BCUT2D eigenvalue weighted by atomic mass is 35.5. The SMILES string of the molecule is N#CC1=C(N)C(C#N)(C#N)[C@@]2(C(=O)N(Cc3ccc(Cl)cc3)c3ccccc32)[C@@H]2CCCC=C12. The van der Waals surface area contributed by atoms with E-state index in [0.717, 1.165) is 18.4 Å². The van der Waals surface area contributed by atoms with Crippen LogP contribution in [0.15, 0.2) is 71.5 Å². The van der Waals surface area contributed by atoms with Gasteiger partial charge in [-0.3, -0.25) is 4.79 Å². The molecule has 6 nitrogen and oxygen atoms in total. The average Bonchev–Trinajstić information content (AvgIpc) is 3.11. The molecule has 2 aromatic rings. The topological polar surface area (TPSA) is 118 Å². The van der Waals surface area contributed by atoms with Gasteiger partial charge in [-0.25, -0.2) is 0 Å². The van der Waals surface area contributed by atoms with E-state index < -0.39 is 16.7 Å². The van der Waals surface area contributed by atoms with Gasteiger partial charge < -0.3 is 10.6 Å².